The van der Waals surface area contributed by atoms with Crippen molar-refractivity contribution in [2.24, 2.45) is 29.1 Å². The minimum atomic E-state index is -0.651. The number of phenols is 2. The number of benzene rings is 2. The van der Waals surface area contributed by atoms with Crippen LogP contribution in [0.25, 0.3) is 0 Å². The number of aromatic hydroxyl groups is 2. The molecular weight excluding hydrogens is 460 g/mol. The van der Waals surface area contributed by atoms with Gasteiger partial charge in [-0.15, -0.1) is 0 Å². The molecule has 2 atom stereocenters. The summed E-state index contributed by atoms with van der Waals surface area (Å²) in [5.74, 6) is 3.47. The Morgan fingerprint density at radius 2 is 1.57 bits per heavy atom. The number of carbonyl (C=O) groups excluding carboxylic acids is 1. The van der Waals surface area contributed by atoms with Crippen LogP contribution in [0.4, 0.5) is 0 Å². The molecule has 6 rings (SSSR count). The summed E-state index contributed by atoms with van der Waals surface area (Å²) in [6.07, 6.45) is 8.69. The molecule has 0 heterocycles. The maximum absolute atomic E-state index is 13.9. The zero-order valence-electron chi connectivity index (χ0n) is 23.0. The van der Waals surface area contributed by atoms with E-state index in [-0.39, 0.29) is 34.9 Å². The molecule has 0 aromatic heterocycles. The van der Waals surface area contributed by atoms with E-state index in [1.165, 1.54) is 32.1 Å². The van der Waals surface area contributed by atoms with Crippen molar-refractivity contribution in [3.63, 3.8) is 0 Å². The molecule has 4 heteroatoms. The first-order chi connectivity index (χ1) is 17.6. The van der Waals surface area contributed by atoms with E-state index >= 15 is 0 Å². The standard InChI is InChI=1S/C33H44O4/c1-5-33(27-15-22-14-23(17-27)18-28(33)16-22)37-31(36)32(3,4)20-26(25-7-6-8-30(35)19-25)13-21(2)24-9-11-29(34)12-10-24/h6-12,19,21-23,26-28,34-35H,5,13-18,20H2,1-4H3. The fraction of sp³-hybridized carbons (Fsp3) is 0.606. The van der Waals surface area contributed by atoms with Crippen molar-refractivity contribution in [1.29, 1.82) is 0 Å². The molecule has 0 spiro atoms. The van der Waals surface area contributed by atoms with Crippen LogP contribution in [0.2, 0.25) is 0 Å². The van der Waals surface area contributed by atoms with Gasteiger partial charge in [0.25, 0.3) is 0 Å². The number of rotatable bonds is 9. The predicted molar refractivity (Wildman–Crippen MR) is 147 cm³/mol. The molecule has 0 aliphatic heterocycles. The predicted octanol–water partition coefficient (Wildman–Crippen LogP) is 7.94. The number of hydrogen-bond acceptors (Lipinski definition) is 4. The topological polar surface area (TPSA) is 66.8 Å². The highest BCUT2D eigenvalue weighted by atomic mass is 16.6. The van der Waals surface area contributed by atoms with Gasteiger partial charge in [-0.1, -0.05) is 38.1 Å². The van der Waals surface area contributed by atoms with E-state index in [0.29, 0.717) is 18.3 Å². The van der Waals surface area contributed by atoms with Gasteiger partial charge in [0.05, 0.1) is 5.41 Å². The molecule has 0 amide bonds. The summed E-state index contributed by atoms with van der Waals surface area (Å²) in [5.41, 5.74) is 1.26. The van der Waals surface area contributed by atoms with Gasteiger partial charge in [0.2, 0.25) is 0 Å². The monoisotopic (exact) mass is 504 g/mol. The largest absolute Gasteiger partial charge is 0.508 e. The van der Waals surface area contributed by atoms with E-state index in [0.717, 1.165) is 35.8 Å². The van der Waals surface area contributed by atoms with Gasteiger partial charge >= 0.3 is 5.97 Å². The summed E-state index contributed by atoms with van der Waals surface area (Å²) in [7, 11) is 0. The molecule has 2 unspecified atom stereocenters. The van der Waals surface area contributed by atoms with Crippen LogP contribution in [0.3, 0.4) is 0 Å². The van der Waals surface area contributed by atoms with E-state index < -0.39 is 5.41 Å². The van der Waals surface area contributed by atoms with Crippen molar-refractivity contribution < 1.29 is 19.7 Å². The van der Waals surface area contributed by atoms with Crippen LogP contribution in [0.15, 0.2) is 48.5 Å². The van der Waals surface area contributed by atoms with Gasteiger partial charge in [-0.2, -0.15) is 0 Å². The van der Waals surface area contributed by atoms with Crippen molar-refractivity contribution >= 4 is 5.97 Å². The van der Waals surface area contributed by atoms with E-state index in [1.54, 1.807) is 18.2 Å². The molecule has 2 aromatic carbocycles. The van der Waals surface area contributed by atoms with Crippen LogP contribution in [0.1, 0.15) is 102 Å². The van der Waals surface area contributed by atoms with Crippen LogP contribution >= 0.6 is 0 Å². The molecule has 0 radical (unpaired) electrons. The average Bonchev–Trinajstić information content (AvgIpc) is 2.85. The first-order valence-corrected chi connectivity index (χ1v) is 14.4. The summed E-state index contributed by atoms with van der Waals surface area (Å²) in [4.78, 5) is 13.9. The third-order valence-electron chi connectivity index (χ3n) is 10.1. The smallest absolute Gasteiger partial charge is 0.312 e. The van der Waals surface area contributed by atoms with Crippen molar-refractivity contribution in [2.45, 2.75) is 96.5 Å². The van der Waals surface area contributed by atoms with Gasteiger partial charge in [-0.25, -0.2) is 0 Å². The van der Waals surface area contributed by atoms with E-state index in [4.69, 9.17) is 4.74 Å². The third kappa shape index (κ3) is 5.13. The first kappa shape index (κ1) is 26.1. The van der Waals surface area contributed by atoms with Crippen molar-refractivity contribution in [1.82, 2.24) is 0 Å². The Labute approximate surface area is 222 Å². The van der Waals surface area contributed by atoms with Crippen LogP contribution < -0.4 is 0 Å². The van der Waals surface area contributed by atoms with Gasteiger partial charge in [0.1, 0.15) is 17.1 Å². The Balaban J connectivity index is 1.36. The Morgan fingerprint density at radius 3 is 2.14 bits per heavy atom. The van der Waals surface area contributed by atoms with Crippen molar-refractivity contribution in [3.8, 4) is 11.5 Å². The zero-order valence-corrected chi connectivity index (χ0v) is 23.0. The lowest BCUT2D eigenvalue weighted by Crippen LogP contribution is -2.60. The van der Waals surface area contributed by atoms with Gasteiger partial charge in [-0.05, 0) is 136 Å². The van der Waals surface area contributed by atoms with Gasteiger partial charge < -0.3 is 14.9 Å². The number of carbonyl (C=O) groups is 1. The first-order valence-electron chi connectivity index (χ1n) is 14.4. The lowest BCUT2D eigenvalue weighted by Gasteiger charge is -2.60. The fourth-order valence-corrected chi connectivity index (χ4v) is 8.29. The second-order valence-electron chi connectivity index (χ2n) is 13.1. The second-order valence-corrected chi connectivity index (χ2v) is 13.1. The van der Waals surface area contributed by atoms with Gasteiger partial charge in [0.15, 0.2) is 0 Å². The second kappa shape index (κ2) is 10.0. The summed E-state index contributed by atoms with van der Waals surface area (Å²) in [5, 5.41) is 19.9. The highest BCUT2D eigenvalue weighted by Gasteiger charge is 2.59. The molecule has 4 fully saturated rings. The van der Waals surface area contributed by atoms with Crippen LogP contribution in [0, 0.1) is 29.1 Å². The molecule has 4 nitrogen and oxygen atoms in total. The molecule has 2 N–H and O–H groups in total. The normalized spacial score (nSPS) is 30.2. The lowest BCUT2D eigenvalue weighted by molar-refractivity contribution is -0.218. The SMILES string of the molecule is CCC1(OC(=O)C(C)(C)CC(CC(C)c2ccc(O)cc2)c2cccc(O)c2)C2CC3CC(C2)CC1C3. The molecule has 200 valence electrons. The maximum Gasteiger partial charge on any atom is 0.312 e. The molecule has 4 aliphatic carbocycles. The Hall–Kier alpha value is -2.49. The highest BCUT2D eigenvalue weighted by Crippen LogP contribution is 2.61. The lowest BCUT2D eigenvalue weighted by atomic mass is 9.49. The molecular formula is C33H44O4. The average molecular weight is 505 g/mol. The summed E-state index contributed by atoms with van der Waals surface area (Å²) >= 11 is 0. The number of esters is 1. The molecule has 0 saturated heterocycles. The third-order valence-corrected chi connectivity index (χ3v) is 10.1. The number of hydrogen-bond donors (Lipinski definition) is 2. The minimum Gasteiger partial charge on any atom is -0.508 e. The Kier molecular flexibility index (Phi) is 7.06. The van der Waals surface area contributed by atoms with Crippen LogP contribution in [-0.2, 0) is 9.53 Å². The fourth-order valence-electron chi connectivity index (χ4n) is 8.29. The summed E-state index contributed by atoms with van der Waals surface area (Å²) in [6.45, 7) is 8.48. The van der Waals surface area contributed by atoms with E-state index in [1.807, 2.05) is 38.1 Å². The molecule has 4 bridgehead atoms. The zero-order chi connectivity index (χ0) is 26.4. The van der Waals surface area contributed by atoms with Crippen molar-refractivity contribution in [3.05, 3.63) is 59.7 Å². The quantitative estimate of drug-likeness (QED) is 0.340. The Morgan fingerprint density at radius 1 is 0.946 bits per heavy atom. The number of phenolic OH excluding ortho intramolecular Hbond substituents is 2. The summed E-state index contributed by atoms with van der Waals surface area (Å²) in [6, 6.07) is 14.9. The molecule has 37 heavy (non-hydrogen) atoms. The van der Waals surface area contributed by atoms with E-state index in [9.17, 15) is 15.0 Å². The maximum atomic E-state index is 13.9. The summed E-state index contributed by atoms with van der Waals surface area (Å²) < 4.78 is 6.68. The molecule has 4 saturated carbocycles. The molecule has 2 aromatic rings. The van der Waals surface area contributed by atoms with Crippen LogP contribution in [-0.4, -0.2) is 21.8 Å². The minimum absolute atomic E-state index is 0.0655. The van der Waals surface area contributed by atoms with Crippen LogP contribution in [0.5, 0.6) is 11.5 Å². The molecule has 4 aliphatic rings. The van der Waals surface area contributed by atoms with Crippen molar-refractivity contribution in [2.75, 3.05) is 0 Å². The van der Waals surface area contributed by atoms with Gasteiger partial charge in [0, 0.05) is 0 Å². The Bertz CT molecular complexity index is 1070. The number of ether oxygens (including phenoxy) is 1. The highest BCUT2D eigenvalue weighted by molar-refractivity contribution is 5.76. The van der Waals surface area contributed by atoms with Gasteiger partial charge in [-0.3, -0.25) is 4.79 Å². The van der Waals surface area contributed by atoms with E-state index in [2.05, 4.69) is 19.9 Å².